The van der Waals surface area contributed by atoms with Crippen molar-refractivity contribution >= 4 is 10.1 Å². The third kappa shape index (κ3) is 2.11. The van der Waals surface area contributed by atoms with Crippen LogP contribution in [0.25, 0.3) is 0 Å². The average molecular weight is 207 g/mol. The molecule has 0 radical (unpaired) electrons. The fraction of sp³-hybridized carbons (Fsp3) is 0. The topological polar surface area (TPSA) is 67.3 Å². The van der Waals surface area contributed by atoms with Crippen molar-refractivity contribution in [2.45, 2.75) is 4.90 Å². The first-order valence-electron chi connectivity index (χ1n) is 3.40. The molecule has 1 heterocycles. The first kappa shape index (κ1) is 10.3. The summed E-state index contributed by atoms with van der Waals surface area (Å²) >= 11 is 0. The summed E-state index contributed by atoms with van der Waals surface area (Å²) in [5.74, 6) is 4.26. The van der Waals surface area contributed by atoms with Crippen LogP contribution in [0.4, 0.5) is 0 Å². The Kier molecular flexibility index (Phi) is 2.57. The van der Waals surface area contributed by atoms with Crippen LogP contribution in [-0.2, 0) is 10.1 Å². The molecule has 0 amide bonds. The number of pyridine rings is 1. The molecular formula is C9H5NO3S. The van der Waals surface area contributed by atoms with Gasteiger partial charge in [-0.1, -0.05) is 11.8 Å². The molecule has 0 spiro atoms. The van der Waals surface area contributed by atoms with Gasteiger partial charge in [0.2, 0.25) is 0 Å². The summed E-state index contributed by atoms with van der Waals surface area (Å²) in [4.78, 5) is 3.38. The Morgan fingerprint density at radius 3 is 1.93 bits per heavy atom. The molecule has 0 aliphatic heterocycles. The Morgan fingerprint density at radius 1 is 1.21 bits per heavy atom. The smallest absolute Gasteiger partial charge is 0.282 e. The predicted molar refractivity (Wildman–Crippen MR) is 49.9 cm³/mol. The highest BCUT2D eigenvalue weighted by Gasteiger charge is 2.11. The van der Waals surface area contributed by atoms with Gasteiger partial charge in [-0.3, -0.25) is 4.55 Å². The zero-order chi connectivity index (χ0) is 10.8. The van der Waals surface area contributed by atoms with Crippen molar-refractivity contribution in [3.8, 4) is 24.7 Å². The van der Waals surface area contributed by atoms with Crippen molar-refractivity contribution in [1.82, 2.24) is 4.98 Å². The van der Waals surface area contributed by atoms with Crippen LogP contribution in [0.1, 0.15) is 11.4 Å². The van der Waals surface area contributed by atoms with Crippen LogP contribution >= 0.6 is 0 Å². The lowest BCUT2D eigenvalue weighted by Gasteiger charge is -1.98. The van der Waals surface area contributed by atoms with Crippen LogP contribution in [0, 0.1) is 24.7 Å². The summed E-state index contributed by atoms with van der Waals surface area (Å²) in [5, 5.41) is 0. The molecule has 1 aromatic rings. The molecule has 14 heavy (non-hydrogen) atoms. The van der Waals surface area contributed by atoms with Crippen molar-refractivity contribution in [1.29, 1.82) is 0 Å². The summed E-state index contributed by atoms with van der Waals surface area (Å²) < 4.78 is 30.3. The molecule has 1 N–H and O–H groups in total. The molecule has 4 nitrogen and oxygen atoms in total. The maximum Gasteiger partial charge on any atom is 0.294 e. The van der Waals surface area contributed by atoms with Crippen molar-refractivity contribution in [2.75, 3.05) is 0 Å². The highest BCUT2D eigenvalue weighted by Crippen LogP contribution is 2.10. The minimum absolute atomic E-state index is 0.0630. The summed E-state index contributed by atoms with van der Waals surface area (Å²) in [6.07, 6.45) is 10.1. The van der Waals surface area contributed by atoms with E-state index in [1.165, 1.54) is 0 Å². The molecule has 0 aromatic carbocycles. The van der Waals surface area contributed by atoms with Gasteiger partial charge in [0.1, 0.15) is 11.4 Å². The van der Waals surface area contributed by atoms with E-state index in [1.807, 2.05) is 0 Å². The second kappa shape index (κ2) is 3.51. The lowest BCUT2D eigenvalue weighted by atomic mass is 10.3. The fourth-order valence-corrected chi connectivity index (χ4v) is 1.32. The second-order valence-corrected chi connectivity index (χ2v) is 3.76. The van der Waals surface area contributed by atoms with Gasteiger partial charge in [-0.05, 0) is 12.1 Å². The molecule has 0 atom stereocenters. The minimum Gasteiger partial charge on any atom is -0.282 e. The molecule has 5 heteroatoms. The van der Waals surface area contributed by atoms with Crippen LogP contribution in [0.15, 0.2) is 17.0 Å². The Labute approximate surface area is 81.7 Å². The van der Waals surface area contributed by atoms with E-state index in [0.29, 0.717) is 0 Å². The number of rotatable bonds is 1. The van der Waals surface area contributed by atoms with E-state index < -0.39 is 10.1 Å². The number of aromatic nitrogens is 1. The van der Waals surface area contributed by atoms with Crippen molar-refractivity contribution in [3.63, 3.8) is 0 Å². The summed E-state index contributed by atoms with van der Waals surface area (Å²) in [6, 6.07) is 2.13. The van der Waals surface area contributed by atoms with Crippen LogP contribution in [0.2, 0.25) is 0 Å². The van der Waals surface area contributed by atoms with Crippen molar-refractivity contribution in [2.24, 2.45) is 0 Å². The zero-order valence-electron chi connectivity index (χ0n) is 6.93. The third-order valence-corrected chi connectivity index (χ3v) is 2.22. The first-order valence-corrected chi connectivity index (χ1v) is 4.84. The molecule has 0 saturated heterocycles. The molecule has 0 saturated carbocycles. The lowest BCUT2D eigenvalue weighted by Crippen LogP contribution is -2.01. The minimum atomic E-state index is -4.30. The molecule has 0 bridgehead atoms. The van der Waals surface area contributed by atoms with E-state index in [2.05, 4.69) is 16.8 Å². The number of nitrogens with zero attached hydrogens (tertiary/aromatic N) is 1. The Balaban J connectivity index is 3.51. The monoisotopic (exact) mass is 207 g/mol. The Morgan fingerprint density at radius 2 is 1.64 bits per heavy atom. The number of terminal acetylenes is 2. The molecule has 70 valence electrons. The highest BCUT2D eigenvalue weighted by molar-refractivity contribution is 7.85. The van der Waals surface area contributed by atoms with E-state index in [9.17, 15) is 8.42 Å². The maximum absolute atomic E-state index is 10.8. The molecule has 0 unspecified atom stereocenters. The second-order valence-electron chi connectivity index (χ2n) is 2.34. The van der Waals surface area contributed by atoms with Gasteiger partial charge in [0.05, 0.1) is 4.90 Å². The van der Waals surface area contributed by atoms with Gasteiger partial charge in [0.25, 0.3) is 10.1 Å². The summed E-state index contributed by atoms with van der Waals surface area (Å²) in [6.45, 7) is 0. The summed E-state index contributed by atoms with van der Waals surface area (Å²) in [7, 11) is -4.30. The van der Waals surface area contributed by atoms with Crippen LogP contribution in [0.3, 0.4) is 0 Å². The molecule has 0 fully saturated rings. The van der Waals surface area contributed by atoms with Gasteiger partial charge in [-0.25, -0.2) is 4.98 Å². The van der Waals surface area contributed by atoms with Crippen LogP contribution < -0.4 is 0 Å². The van der Waals surface area contributed by atoms with E-state index in [0.717, 1.165) is 12.1 Å². The fourth-order valence-electron chi connectivity index (χ4n) is 0.802. The first-order chi connectivity index (χ1) is 6.47. The van der Waals surface area contributed by atoms with Crippen LogP contribution in [-0.4, -0.2) is 18.0 Å². The third-order valence-electron chi connectivity index (χ3n) is 1.39. The SMILES string of the molecule is C#Cc1cc(S(=O)(=O)O)cc(C#C)n1. The van der Waals surface area contributed by atoms with E-state index >= 15 is 0 Å². The highest BCUT2D eigenvalue weighted by atomic mass is 32.2. The summed E-state index contributed by atoms with van der Waals surface area (Å²) in [5.41, 5.74) is 0.126. The molecule has 0 aliphatic rings. The molecular weight excluding hydrogens is 202 g/mol. The molecule has 1 aromatic heterocycles. The van der Waals surface area contributed by atoms with E-state index in [-0.39, 0.29) is 16.3 Å². The van der Waals surface area contributed by atoms with E-state index in [1.54, 1.807) is 0 Å². The van der Waals surface area contributed by atoms with Gasteiger partial charge in [-0.15, -0.1) is 12.8 Å². The van der Waals surface area contributed by atoms with Gasteiger partial charge >= 0.3 is 0 Å². The lowest BCUT2D eigenvalue weighted by molar-refractivity contribution is 0.483. The van der Waals surface area contributed by atoms with Gasteiger partial charge < -0.3 is 0 Å². The number of hydrogen-bond acceptors (Lipinski definition) is 3. The zero-order valence-corrected chi connectivity index (χ0v) is 7.75. The van der Waals surface area contributed by atoms with Gasteiger partial charge in [0, 0.05) is 0 Å². The van der Waals surface area contributed by atoms with Gasteiger partial charge in [-0.2, -0.15) is 8.42 Å². The normalized spacial score (nSPS) is 10.2. The molecule has 1 rings (SSSR count). The largest absolute Gasteiger partial charge is 0.294 e. The van der Waals surface area contributed by atoms with Crippen LogP contribution in [0.5, 0.6) is 0 Å². The predicted octanol–water partition coefficient (Wildman–Crippen LogP) is 0.291. The van der Waals surface area contributed by atoms with Crippen molar-refractivity contribution in [3.05, 3.63) is 23.5 Å². The Bertz CT molecular complexity index is 514. The maximum atomic E-state index is 10.8. The Hall–Kier alpha value is -1.82. The van der Waals surface area contributed by atoms with Crippen molar-refractivity contribution < 1.29 is 13.0 Å². The quantitative estimate of drug-likeness (QED) is 0.531. The van der Waals surface area contributed by atoms with E-state index in [4.69, 9.17) is 17.4 Å². The molecule has 0 aliphatic carbocycles. The van der Waals surface area contributed by atoms with Gasteiger partial charge in [0.15, 0.2) is 0 Å². The standard InChI is InChI=1S/C9H5NO3S/c1-3-7-5-9(14(11,12)13)6-8(4-2)10-7/h1-2,5-6H,(H,11,12,13). The number of hydrogen-bond donors (Lipinski definition) is 1. The average Bonchev–Trinajstić information content (AvgIpc) is 2.15.